The smallest absolute Gasteiger partial charge is 0.123 e. The molecule has 1 N–H and O–H groups in total. The van der Waals surface area contributed by atoms with E-state index >= 15 is 0 Å². The van der Waals surface area contributed by atoms with Gasteiger partial charge in [-0.25, -0.2) is 0 Å². The first-order valence-electron chi connectivity index (χ1n) is 5.17. The molecule has 3 fully saturated rings. The van der Waals surface area contributed by atoms with Crippen molar-refractivity contribution in [3.05, 3.63) is 0 Å². The number of ether oxygens (including phenoxy) is 1. The van der Waals surface area contributed by atoms with Crippen molar-refractivity contribution in [2.24, 2.45) is 0 Å². The predicted molar refractivity (Wildman–Crippen MR) is 44.9 cm³/mol. The summed E-state index contributed by atoms with van der Waals surface area (Å²) in [5.74, 6) is 0. The van der Waals surface area contributed by atoms with Gasteiger partial charge in [0.25, 0.3) is 0 Å². The third-order valence-electron chi connectivity index (χ3n) is 4.05. The minimum Gasteiger partial charge on any atom is -0.387 e. The lowest BCUT2D eigenvalue weighted by molar-refractivity contribution is -0.0352. The van der Waals surface area contributed by atoms with Gasteiger partial charge in [0.05, 0.1) is 11.7 Å². The highest BCUT2D eigenvalue weighted by molar-refractivity contribution is 5.19. The number of epoxide rings is 1. The highest BCUT2D eigenvalue weighted by Gasteiger charge is 2.70. The molecule has 2 nitrogen and oxygen atoms in total. The van der Waals surface area contributed by atoms with Crippen molar-refractivity contribution in [2.75, 3.05) is 0 Å². The first-order chi connectivity index (χ1) is 5.77. The van der Waals surface area contributed by atoms with Gasteiger partial charge in [-0.15, -0.1) is 0 Å². The molecule has 12 heavy (non-hydrogen) atoms. The largest absolute Gasteiger partial charge is 0.387 e. The third-order valence-corrected chi connectivity index (χ3v) is 4.05. The molecule has 0 spiro atoms. The van der Waals surface area contributed by atoms with Crippen LogP contribution in [0.5, 0.6) is 0 Å². The quantitative estimate of drug-likeness (QED) is 0.603. The molecule has 0 radical (unpaired) electrons. The van der Waals surface area contributed by atoms with E-state index in [1.807, 2.05) is 0 Å². The Morgan fingerprint density at radius 1 is 1.08 bits per heavy atom. The second-order valence-electron chi connectivity index (χ2n) is 4.63. The van der Waals surface area contributed by atoms with Crippen LogP contribution in [-0.2, 0) is 4.74 Å². The summed E-state index contributed by atoms with van der Waals surface area (Å²) in [7, 11) is 0. The summed E-state index contributed by atoms with van der Waals surface area (Å²) >= 11 is 0. The van der Waals surface area contributed by atoms with E-state index in [0.717, 1.165) is 19.3 Å². The van der Waals surface area contributed by atoms with Crippen LogP contribution in [0.4, 0.5) is 0 Å². The number of rotatable bonds is 1. The van der Waals surface area contributed by atoms with E-state index in [0.29, 0.717) is 6.10 Å². The number of hydrogen-bond donors (Lipinski definition) is 1. The van der Waals surface area contributed by atoms with E-state index in [2.05, 4.69) is 0 Å². The van der Waals surface area contributed by atoms with Gasteiger partial charge in [0.2, 0.25) is 0 Å². The molecule has 68 valence electrons. The number of hydrogen-bond acceptors (Lipinski definition) is 2. The Balaban J connectivity index is 1.87. The van der Waals surface area contributed by atoms with Gasteiger partial charge in [-0.2, -0.15) is 0 Å². The zero-order valence-electron chi connectivity index (χ0n) is 7.38. The van der Waals surface area contributed by atoms with Gasteiger partial charge in [0.1, 0.15) is 5.60 Å². The average Bonchev–Trinajstić information content (AvgIpc) is 2.51. The lowest BCUT2D eigenvalue weighted by Crippen LogP contribution is -2.42. The van der Waals surface area contributed by atoms with Gasteiger partial charge in [-0.1, -0.05) is 12.8 Å². The monoisotopic (exact) mass is 168 g/mol. The van der Waals surface area contributed by atoms with Gasteiger partial charge < -0.3 is 9.84 Å². The second-order valence-corrected chi connectivity index (χ2v) is 4.63. The lowest BCUT2D eigenvalue weighted by atomic mass is 9.84. The van der Waals surface area contributed by atoms with Crippen molar-refractivity contribution < 1.29 is 9.84 Å². The molecule has 2 aliphatic carbocycles. The van der Waals surface area contributed by atoms with E-state index in [-0.39, 0.29) is 5.60 Å². The molecule has 3 rings (SSSR count). The highest BCUT2D eigenvalue weighted by Crippen LogP contribution is 2.60. The Hall–Kier alpha value is -0.0800. The van der Waals surface area contributed by atoms with Crippen molar-refractivity contribution in [1.82, 2.24) is 0 Å². The minimum atomic E-state index is -0.436. The first-order valence-corrected chi connectivity index (χ1v) is 5.17. The molecule has 2 saturated carbocycles. The molecule has 0 unspecified atom stereocenters. The SMILES string of the molecule is OC1([C@@]23CCC[C@@H]2O3)CCCC1. The fourth-order valence-corrected chi connectivity index (χ4v) is 3.31. The lowest BCUT2D eigenvalue weighted by Gasteiger charge is -2.28. The van der Waals surface area contributed by atoms with Gasteiger partial charge >= 0.3 is 0 Å². The predicted octanol–water partition coefficient (Wildman–Crippen LogP) is 1.61. The maximum atomic E-state index is 10.4. The summed E-state index contributed by atoms with van der Waals surface area (Å²) in [5, 5.41) is 10.4. The van der Waals surface area contributed by atoms with E-state index < -0.39 is 5.60 Å². The summed E-state index contributed by atoms with van der Waals surface area (Å²) in [6, 6.07) is 0. The summed E-state index contributed by atoms with van der Waals surface area (Å²) in [6.07, 6.45) is 8.29. The van der Waals surface area contributed by atoms with Crippen LogP contribution in [-0.4, -0.2) is 22.4 Å². The van der Waals surface area contributed by atoms with Crippen LogP contribution < -0.4 is 0 Å². The van der Waals surface area contributed by atoms with Crippen LogP contribution >= 0.6 is 0 Å². The van der Waals surface area contributed by atoms with Crippen LogP contribution in [0.1, 0.15) is 44.9 Å². The van der Waals surface area contributed by atoms with Gasteiger partial charge in [-0.3, -0.25) is 0 Å². The second kappa shape index (κ2) is 2.05. The normalized spacial score (nSPS) is 49.2. The Bertz CT molecular complexity index is 202. The fourth-order valence-electron chi connectivity index (χ4n) is 3.31. The summed E-state index contributed by atoms with van der Waals surface area (Å²) in [6.45, 7) is 0. The zero-order valence-corrected chi connectivity index (χ0v) is 7.38. The molecular weight excluding hydrogens is 152 g/mol. The van der Waals surface area contributed by atoms with Crippen molar-refractivity contribution in [3.8, 4) is 0 Å². The minimum absolute atomic E-state index is 0.0660. The zero-order chi connectivity index (χ0) is 8.23. The van der Waals surface area contributed by atoms with Crippen LogP contribution in [0.3, 0.4) is 0 Å². The Kier molecular flexibility index (Phi) is 1.25. The standard InChI is InChI=1S/C10H16O2/c11-9(5-1-2-6-9)10-7-3-4-8(10)12-10/h8,11H,1-7H2/t8-,10+/m0/s1. The van der Waals surface area contributed by atoms with Crippen LogP contribution in [0.15, 0.2) is 0 Å². The number of fused-ring (bicyclic) bond motifs is 1. The molecule has 0 aromatic carbocycles. The van der Waals surface area contributed by atoms with E-state index in [9.17, 15) is 5.11 Å². The van der Waals surface area contributed by atoms with Gasteiger partial charge in [0.15, 0.2) is 0 Å². The van der Waals surface area contributed by atoms with Gasteiger partial charge in [-0.05, 0) is 32.1 Å². The van der Waals surface area contributed by atoms with E-state index in [4.69, 9.17) is 4.74 Å². The summed E-state index contributed by atoms with van der Waals surface area (Å²) < 4.78 is 5.68. The van der Waals surface area contributed by atoms with Gasteiger partial charge in [0, 0.05) is 0 Å². The van der Waals surface area contributed by atoms with Crippen molar-refractivity contribution in [1.29, 1.82) is 0 Å². The maximum Gasteiger partial charge on any atom is 0.123 e. The van der Waals surface area contributed by atoms with Crippen LogP contribution in [0.2, 0.25) is 0 Å². The van der Waals surface area contributed by atoms with Crippen molar-refractivity contribution in [3.63, 3.8) is 0 Å². The summed E-state index contributed by atoms with van der Waals surface area (Å²) in [5.41, 5.74) is -0.502. The topological polar surface area (TPSA) is 32.8 Å². The fraction of sp³-hybridized carbons (Fsp3) is 1.00. The number of aliphatic hydroxyl groups is 1. The maximum absolute atomic E-state index is 10.4. The molecule has 1 saturated heterocycles. The Morgan fingerprint density at radius 2 is 1.83 bits per heavy atom. The molecule has 2 heteroatoms. The molecule has 3 aliphatic rings. The van der Waals surface area contributed by atoms with Crippen LogP contribution in [0, 0.1) is 0 Å². The molecule has 1 heterocycles. The molecular formula is C10H16O2. The molecule has 0 aromatic rings. The Morgan fingerprint density at radius 3 is 2.33 bits per heavy atom. The van der Waals surface area contributed by atoms with Crippen molar-refractivity contribution >= 4 is 0 Å². The molecule has 0 aromatic heterocycles. The molecule has 2 atom stereocenters. The first kappa shape index (κ1) is 7.34. The van der Waals surface area contributed by atoms with E-state index in [1.54, 1.807) is 0 Å². The average molecular weight is 168 g/mol. The molecule has 0 bridgehead atoms. The summed E-state index contributed by atoms with van der Waals surface area (Å²) in [4.78, 5) is 0. The highest BCUT2D eigenvalue weighted by atomic mass is 16.6. The van der Waals surface area contributed by atoms with Crippen LogP contribution in [0.25, 0.3) is 0 Å². The van der Waals surface area contributed by atoms with Crippen molar-refractivity contribution in [2.45, 2.75) is 62.3 Å². The third kappa shape index (κ3) is 0.686. The molecule has 0 amide bonds. The van der Waals surface area contributed by atoms with E-state index in [1.165, 1.54) is 25.7 Å². The Labute approximate surface area is 72.9 Å². The molecule has 1 aliphatic heterocycles.